The first-order valence-corrected chi connectivity index (χ1v) is 12.8. The van der Waals surface area contributed by atoms with Crippen LogP contribution < -0.4 is 10.2 Å². The van der Waals surface area contributed by atoms with Crippen LogP contribution in [0.3, 0.4) is 0 Å². The minimum atomic E-state index is -0.366. The lowest BCUT2D eigenvalue weighted by molar-refractivity contribution is -0.119. The molecule has 4 aromatic rings. The first kappa shape index (κ1) is 26.7. The number of pyridine rings is 1. The van der Waals surface area contributed by atoms with E-state index in [-0.39, 0.29) is 11.9 Å². The van der Waals surface area contributed by atoms with E-state index in [0.29, 0.717) is 12.1 Å². The molecule has 0 radical (unpaired) electrons. The average molecular weight is 514 g/mol. The molecular formula is C30H35N5O3. The van der Waals surface area contributed by atoms with Crippen molar-refractivity contribution in [2.75, 3.05) is 51.6 Å². The van der Waals surface area contributed by atoms with Gasteiger partial charge in [-0.2, -0.15) is 0 Å². The minimum Gasteiger partial charge on any atom is -0.465 e. The van der Waals surface area contributed by atoms with Gasteiger partial charge in [0.25, 0.3) is 0 Å². The van der Waals surface area contributed by atoms with Crippen molar-refractivity contribution in [3.63, 3.8) is 0 Å². The number of anilines is 2. The standard InChI is InChI=1S/C21H21N3O3.C9H14N2/c1-27-21(26)16-7-4-6-15(12-16)19-18-9-2-3-11-24(18)20(22-19)17-8-5-10-23(13-17)14-25;1-10-8-4-6-9(7-5-8)11(2)3/h2-4,6-7,9,11-12,14,17H,5,8,10,13H2,1H3;4-7,10H,1-3H3. The summed E-state index contributed by atoms with van der Waals surface area (Å²) < 4.78 is 6.93. The van der Waals surface area contributed by atoms with Crippen molar-refractivity contribution in [1.82, 2.24) is 14.3 Å². The van der Waals surface area contributed by atoms with Gasteiger partial charge < -0.3 is 24.3 Å². The maximum Gasteiger partial charge on any atom is 0.337 e. The molecule has 0 spiro atoms. The number of hydrogen-bond acceptors (Lipinski definition) is 6. The number of rotatable bonds is 6. The molecule has 1 N–H and O–H groups in total. The first-order chi connectivity index (χ1) is 18.4. The SMILES string of the molecule is CNc1ccc(N(C)C)cc1.COC(=O)c1cccc(-c2nc(C3CCCN(C=O)C3)n3ccccc23)c1. The zero-order valence-electron chi connectivity index (χ0n) is 22.4. The predicted octanol–water partition coefficient (Wildman–Crippen LogP) is 4.92. The van der Waals surface area contributed by atoms with E-state index in [1.807, 2.05) is 68.6 Å². The molecule has 8 nitrogen and oxygen atoms in total. The highest BCUT2D eigenvalue weighted by Crippen LogP contribution is 2.32. The fourth-order valence-corrected chi connectivity index (χ4v) is 4.71. The molecular weight excluding hydrogens is 478 g/mol. The van der Waals surface area contributed by atoms with Gasteiger partial charge in [-0.15, -0.1) is 0 Å². The Balaban J connectivity index is 0.000000257. The maximum atomic E-state index is 11.9. The Hall–Kier alpha value is -4.33. The van der Waals surface area contributed by atoms with Crippen LogP contribution in [0.5, 0.6) is 0 Å². The van der Waals surface area contributed by atoms with E-state index in [1.54, 1.807) is 6.07 Å². The number of carbonyl (C=O) groups excluding carboxylic acids is 2. The molecule has 1 amide bonds. The Morgan fingerprint density at radius 1 is 1.11 bits per heavy atom. The van der Waals surface area contributed by atoms with Gasteiger partial charge in [-0.05, 0) is 61.4 Å². The van der Waals surface area contributed by atoms with Crippen LogP contribution in [0.2, 0.25) is 0 Å². The van der Waals surface area contributed by atoms with Crippen LogP contribution in [-0.2, 0) is 9.53 Å². The highest BCUT2D eigenvalue weighted by atomic mass is 16.5. The summed E-state index contributed by atoms with van der Waals surface area (Å²) in [5.41, 5.74) is 5.56. The lowest BCUT2D eigenvalue weighted by atomic mass is 9.97. The number of nitrogens with one attached hydrogen (secondary N) is 1. The third kappa shape index (κ3) is 5.96. The molecule has 1 fully saturated rings. The van der Waals surface area contributed by atoms with Crippen molar-refractivity contribution < 1.29 is 14.3 Å². The van der Waals surface area contributed by atoms with Gasteiger partial charge in [0.05, 0.1) is 23.9 Å². The van der Waals surface area contributed by atoms with Crippen LogP contribution in [0.15, 0.2) is 72.9 Å². The van der Waals surface area contributed by atoms with Gasteiger partial charge in [0.1, 0.15) is 5.82 Å². The Labute approximate surface area is 223 Å². The van der Waals surface area contributed by atoms with Crippen molar-refractivity contribution in [1.29, 1.82) is 0 Å². The summed E-state index contributed by atoms with van der Waals surface area (Å²) in [6.45, 7) is 1.48. The van der Waals surface area contributed by atoms with Gasteiger partial charge >= 0.3 is 5.97 Å². The van der Waals surface area contributed by atoms with Crippen LogP contribution in [0.4, 0.5) is 11.4 Å². The normalized spacial score (nSPS) is 14.8. The Bertz CT molecular complexity index is 1380. The first-order valence-electron chi connectivity index (χ1n) is 12.8. The van der Waals surface area contributed by atoms with Crippen molar-refractivity contribution >= 4 is 29.3 Å². The smallest absolute Gasteiger partial charge is 0.337 e. The molecule has 1 aliphatic rings. The number of amides is 1. The number of methoxy groups -OCH3 is 1. The summed E-state index contributed by atoms with van der Waals surface area (Å²) in [4.78, 5) is 32.0. The second-order valence-corrected chi connectivity index (χ2v) is 9.48. The van der Waals surface area contributed by atoms with Gasteiger partial charge in [0, 0.05) is 63.3 Å². The third-order valence-corrected chi connectivity index (χ3v) is 6.77. The van der Waals surface area contributed by atoms with Crippen molar-refractivity contribution in [3.8, 4) is 11.3 Å². The maximum absolute atomic E-state index is 11.9. The van der Waals surface area contributed by atoms with Gasteiger partial charge in [0.2, 0.25) is 6.41 Å². The number of ether oxygens (including phenoxy) is 1. The van der Waals surface area contributed by atoms with E-state index in [0.717, 1.165) is 54.1 Å². The van der Waals surface area contributed by atoms with Crippen LogP contribution in [0, 0.1) is 0 Å². The number of carbonyl (C=O) groups is 2. The number of aromatic nitrogens is 2. The van der Waals surface area contributed by atoms with E-state index in [4.69, 9.17) is 9.72 Å². The van der Waals surface area contributed by atoms with Crippen LogP contribution in [0.25, 0.3) is 16.8 Å². The molecule has 0 aliphatic carbocycles. The van der Waals surface area contributed by atoms with E-state index < -0.39 is 0 Å². The van der Waals surface area contributed by atoms with Crippen molar-refractivity contribution in [2.45, 2.75) is 18.8 Å². The highest BCUT2D eigenvalue weighted by molar-refractivity contribution is 5.91. The quantitative estimate of drug-likeness (QED) is 0.291. The average Bonchev–Trinajstić information content (AvgIpc) is 3.37. The zero-order valence-corrected chi connectivity index (χ0v) is 22.4. The molecule has 1 atom stereocenters. The summed E-state index contributed by atoms with van der Waals surface area (Å²) in [6.07, 6.45) is 4.90. The molecule has 38 heavy (non-hydrogen) atoms. The van der Waals surface area contributed by atoms with Crippen molar-refractivity contribution in [2.24, 2.45) is 0 Å². The van der Waals surface area contributed by atoms with Crippen LogP contribution in [-0.4, -0.2) is 68.0 Å². The number of piperidine rings is 1. The van der Waals surface area contributed by atoms with E-state index in [2.05, 4.69) is 38.9 Å². The topological polar surface area (TPSA) is 79.2 Å². The molecule has 198 valence electrons. The molecule has 5 rings (SSSR count). The van der Waals surface area contributed by atoms with E-state index >= 15 is 0 Å². The lowest BCUT2D eigenvalue weighted by Crippen LogP contribution is -2.33. The fourth-order valence-electron chi connectivity index (χ4n) is 4.71. The summed E-state index contributed by atoms with van der Waals surface area (Å²) >= 11 is 0. The van der Waals surface area contributed by atoms with Crippen molar-refractivity contribution in [3.05, 3.63) is 84.3 Å². The molecule has 0 saturated carbocycles. The molecule has 8 heteroatoms. The highest BCUT2D eigenvalue weighted by Gasteiger charge is 2.25. The largest absolute Gasteiger partial charge is 0.465 e. The Kier molecular flexibility index (Phi) is 8.63. The molecule has 1 saturated heterocycles. The number of fused-ring (bicyclic) bond motifs is 1. The zero-order chi connectivity index (χ0) is 27.1. The van der Waals surface area contributed by atoms with Gasteiger partial charge in [-0.3, -0.25) is 4.79 Å². The third-order valence-electron chi connectivity index (χ3n) is 6.77. The number of likely N-dealkylation sites (tertiary alicyclic amines) is 1. The molecule has 1 aliphatic heterocycles. The van der Waals surface area contributed by atoms with E-state index in [1.165, 1.54) is 12.8 Å². The van der Waals surface area contributed by atoms with Crippen LogP contribution >= 0.6 is 0 Å². The minimum absolute atomic E-state index is 0.191. The van der Waals surface area contributed by atoms with Gasteiger partial charge in [0.15, 0.2) is 0 Å². The number of nitrogens with zero attached hydrogens (tertiary/aromatic N) is 4. The fraction of sp³-hybridized carbons (Fsp3) is 0.300. The number of hydrogen-bond donors (Lipinski definition) is 1. The Morgan fingerprint density at radius 2 is 1.89 bits per heavy atom. The van der Waals surface area contributed by atoms with E-state index in [9.17, 15) is 9.59 Å². The summed E-state index contributed by atoms with van der Waals surface area (Å²) in [5, 5.41) is 3.07. The number of benzene rings is 2. The predicted molar refractivity (Wildman–Crippen MR) is 152 cm³/mol. The van der Waals surface area contributed by atoms with Crippen LogP contribution in [0.1, 0.15) is 34.9 Å². The Morgan fingerprint density at radius 3 is 2.58 bits per heavy atom. The summed E-state index contributed by atoms with van der Waals surface area (Å²) in [7, 11) is 7.37. The summed E-state index contributed by atoms with van der Waals surface area (Å²) in [6, 6.07) is 21.6. The molecule has 2 aromatic carbocycles. The molecule has 0 bridgehead atoms. The second kappa shape index (κ2) is 12.3. The second-order valence-electron chi connectivity index (χ2n) is 9.48. The number of esters is 1. The lowest BCUT2D eigenvalue weighted by Gasteiger charge is -2.29. The summed E-state index contributed by atoms with van der Waals surface area (Å²) in [5.74, 6) is 0.779. The number of imidazole rings is 1. The van der Waals surface area contributed by atoms with Gasteiger partial charge in [-0.1, -0.05) is 18.2 Å². The molecule has 2 aromatic heterocycles. The van der Waals surface area contributed by atoms with Gasteiger partial charge in [-0.25, -0.2) is 9.78 Å². The monoisotopic (exact) mass is 513 g/mol. The molecule has 3 heterocycles. The molecule has 1 unspecified atom stereocenters.